The van der Waals surface area contributed by atoms with Gasteiger partial charge in [0.2, 0.25) is 0 Å². The van der Waals surface area contributed by atoms with Crippen molar-refractivity contribution in [1.29, 1.82) is 0 Å². The molecule has 2 unspecified atom stereocenters. The number of ether oxygens (including phenoxy) is 4. The van der Waals surface area contributed by atoms with Crippen LogP contribution in [0.25, 0.3) is 0 Å². The highest BCUT2D eigenvalue weighted by Gasteiger charge is 2.30. The number of carbonyl (C=O) groups is 4. The van der Waals surface area contributed by atoms with Crippen molar-refractivity contribution in [2.75, 3.05) is 39.6 Å². The fraction of sp³-hybridized carbons (Fsp3) is 0.941. The highest BCUT2D eigenvalue weighted by molar-refractivity contribution is 7.47. The minimum atomic E-state index is -4.95. The van der Waals surface area contributed by atoms with Crippen LogP contribution in [0.2, 0.25) is 0 Å². The molecule has 0 aromatic carbocycles. The van der Waals surface area contributed by atoms with Crippen LogP contribution < -0.4 is 0 Å². The molecule has 0 amide bonds. The van der Waals surface area contributed by atoms with Gasteiger partial charge in [-0.15, -0.1) is 0 Å². The van der Waals surface area contributed by atoms with Gasteiger partial charge in [0, 0.05) is 25.7 Å². The number of hydrogen-bond donors (Lipinski definition) is 3. The fourth-order valence-corrected chi connectivity index (χ4v) is 11.9. The van der Waals surface area contributed by atoms with E-state index >= 15 is 0 Å². The molecular weight excluding hydrogens is 1150 g/mol. The van der Waals surface area contributed by atoms with Crippen LogP contribution in [0, 0.1) is 0 Å². The molecule has 0 aliphatic carbocycles. The van der Waals surface area contributed by atoms with Crippen LogP contribution in [0.5, 0.6) is 0 Å². The number of carbonyl (C=O) groups excluding carboxylic acids is 4. The van der Waals surface area contributed by atoms with Crippen molar-refractivity contribution in [2.45, 2.75) is 373 Å². The second kappa shape index (κ2) is 62.8. The van der Waals surface area contributed by atoms with Crippen LogP contribution >= 0.6 is 15.6 Å². The Bertz CT molecular complexity index is 1670. The van der Waals surface area contributed by atoms with E-state index in [4.69, 9.17) is 37.0 Å². The number of unbranched alkanes of at least 4 members (excludes halogenated alkanes) is 43. The standard InChI is InChI=1S/C68H132O17P2/c1-5-9-13-17-20-23-25-27-28-29-30-31-32-33-35-37-40-43-47-51-55-68(73)85-64(59-79-66(71)53-49-45-41-39-36-34-26-24-21-18-14-10-6-2)61-83-87(76,77)81-57-62(69)56-80-86(74,75)82-60-63(58-78-65(70)52-48-44-16-12-8-4)84-67(72)54-50-46-42-38-22-19-15-11-7-3/h62-64,69H,5-61H2,1-4H3,(H,74,75)(H,76,77)/t62-,63+,64+/m0/s1. The zero-order valence-corrected chi connectivity index (χ0v) is 57.8. The lowest BCUT2D eigenvalue weighted by Crippen LogP contribution is -2.30. The Morgan fingerprint density at radius 3 is 0.678 bits per heavy atom. The molecule has 5 atom stereocenters. The van der Waals surface area contributed by atoms with E-state index in [1.807, 2.05) is 0 Å². The Kier molecular flexibility index (Phi) is 61.4. The molecule has 0 aliphatic rings. The van der Waals surface area contributed by atoms with E-state index in [1.54, 1.807) is 0 Å². The molecule has 516 valence electrons. The Hall–Kier alpha value is -1.94. The first-order valence-electron chi connectivity index (χ1n) is 35.8. The second-order valence-electron chi connectivity index (χ2n) is 24.6. The summed E-state index contributed by atoms with van der Waals surface area (Å²) in [6.45, 7) is 4.82. The van der Waals surface area contributed by atoms with Crippen molar-refractivity contribution in [3.8, 4) is 0 Å². The van der Waals surface area contributed by atoms with Crippen molar-refractivity contribution in [3.63, 3.8) is 0 Å². The third-order valence-corrected chi connectivity index (χ3v) is 17.8. The van der Waals surface area contributed by atoms with Crippen molar-refractivity contribution >= 4 is 39.5 Å². The summed E-state index contributed by atoms with van der Waals surface area (Å²) in [6.07, 6.45) is 50.4. The number of aliphatic hydroxyl groups is 1. The molecule has 0 aliphatic heterocycles. The van der Waals surface area contributed by atoms with Crippen LogP contribution in [0.4, 0.5) is 0 Å². The summed E-state index contributed by atoms with van der Waals surface area (Å²) in [4.78, 5) is 72.1. The van der Waals surface area contributed by atoms with E-state index in [9.17, 15) is 43.2 Å². The van der Waals surface area contributed by atoms with Crippen LogP contribution in [0.15, 0.2) is 0 Å². The first-order valence-corrected chi connectivity index (χ1v) is 38.8. The third kappa shape index (κ3) is 62.6. The van der Waals surface area contributed by atoms with Crippen molar-refractivity contribution in [2.24, 2.45) is 0 Å². The van der Waals surface area contributed by atoms with E-state index in [2.05, 4.69) is 27.7 Å². The van der Waals surface area contributed by atoms with Crippen molar-refractivity contribution in [1.82, 2.24) is 0 Å². The summed E-state index contributed by atoms with van der Waals surface area (Å²) in [7, 11) is -9.88. The molecule has 0 radical (unpaired) electrons. The SMILES string of the molecule is CCCCCCCCCCCCCCCCCCCCCCC(=O)O[C@H](COC(=O)CCCCCCCCCCCCCCC)COP(=O)(O)OC[C@@H](O)COP(=O)(O)OC[C@@H](COC(=O)CCCCCCC)OC(=O)CCCCCCCCCCC. The lowest BCUT2D eigenvalue weighted by Gasteiger charge is -2.21. The predicted octanol–water partition coefficient (Wildman–Crippen LogP) is 19.5. The summed E-state index contributed by atoms with van der Waals surface area (Å²) in [6, 6.07) is 0. The Balaban J connectivity index is 5.11. The Labute approximate surface area is 530 Å². The molecular formula is C68H132O17P2. The van der Waals surface area contributed by atoms with Gasteiger partial charge < -0.3 is 33.8 Å². The molecule has 17 nitrogen and oxygen atoms in total. The van der Waals surface area contributed by atoms with Crippen LogP contribution in [-0.4, -0.2) is 96.7 Å². The molecule has 0 bridgehead atoms. The van der Waals surface area contributed by atoms with Gasteiger partial charge in [-0.2, -0.15) is 0 Å². The average molecular weight is 1280 g/mol. The van der Waals surface area contributed by atoms with Crippen molar-refractivity contribution < 1.29 is 80.2 Å². The van der Waals surface area contributed by atoms with Gasteiger partial charge in [-0.05, 0) is 25.7 Å². The number of phosphoric acid groups is 2. The van der Waals surface area contributed by atoms with Gasteiger partial charge >= 0.3 is 39.5 Å². The molecule has 0 aromatic rings. The van der Waals surface area contributed by atoms with Crippen LogP contribution in [0.1, 0.15) is 355 Å². The first kappa shape index (κ1) is 85.1. The maximum absolute atomic E-state index is 13.0. The summed E-state index contributed by atoms with van der Waals surface area (Å²) in [5.41, 5.74) is 0. The molecule has 19 heteroatoms. The normalized spacial score (nSPS) is 14.1. The monoisotopic (exact) mass is 1280 g/mol. The van der Waals surface area contributed by atoms with Gasteiger partial charge in [-0.1, -0.05) is 304 Å². The lowest BCUT2D eigenvalue weighted by atomic mass is 10.0. The molecule has 0 heterocycles. The molecule has 0 saturated heterocycles. The summed E-state index contributed by atoms with van der Waals surface area (Å²) in [5, 5.41) is 10.5. The van der Waals surface area contributed by atoms with Crippen molar-refractivity contribution in [3.05, 3.63) is 0 Å². The van der Waals surface area contributed by atoms with E-state index in [0.717, 1.165) is 96.3 Å². The summed E-state index contributed by atoms with van der Waals surface area (Å²) >= 11 is 0. The smallest absolute Gasteiger partial charge is 0.462 e. The fourth-order valence-electron chi connectivity index (χ4n) is 10.3. The highest BCUT2D eigenvalue weighted by Crippen LogP contribution is 2.45. The average Bonchev–Trinajstić information content (AvgIpc) is 3.53. The lowest BCUT2D eigenvalue weighted by molar-refractivity contribution is -0.161. The zero-order chi connectivity index (χ0) is 64.0. The van der Waals surface area contributed by atoms with Crippen LogP contribution in [-0.2, 0) is 65.4 Å². The van der Waals surface area contributed by atoms with Gasteiger partial charge in [-0.3, -0.25) is 37.3 Å². The molecule has 0 fully saturated rings. The van der Waals surface area contributed by atoms with E-state index < -0.39 is 97.5 Å². The third-order valence-electron chi connectivity index (χ3n) is 15.9. The Morgan fingerprint density at radius 2 is 0.460 bits per heavy atom. The highest BCUT2D eigenvalue weighted by atomic mass is 31.2. The Morgan fingerprint density at radius 1 is 0.276 bits per heavy atom. The molecule has 0 rings (SSSR count). The molecule has 0 saturated carbocycles. The van der Waals surface area contributed by atoms with E-state index in [-0.39, 0.29) is 25.7 Å². The minimum absolute atomic E-state index is 0.105. The van der Waals surface area contributed by atoms with Gasteiger partial charge in [0.15, 0.2) is 12.2 Å². The van der Waals surface area contributed by atoms with E-state index in [0.29, 0.717) is 25.7 Å². The first-order chi connectivity index (χ1) is 42.2. The number of esters is 4. The topological polar surface area (TPSA) is 237 Å². The minimum Gasteiger partial charge on any atom is -0.462 e. The largest absolute Gasteiger partial charge is 0.472 e. The summed E-state index contributed by atoms with van der Waals surface area (Å²) < 4.78 is 67.9. The molecule has 87 heavy (non-hydrogen) atoms. The zero-order valence-electron chi connectivity index (χ0n) is 56.0. The molecule has 0 aromatic heterocycles. The van der Waals surface area contributed by atoms with E-state index in [1.165, 1.54) is 180 Å². The van der Waals surface area contributed by atoms with Gasteiger partial charge in [0.1, 0.15) is 19.3 Å². The number of hydrogen-bond acceptors (Lipinski definition) is 15. The quantitative estimate of drug-likeness (QED) is 0.0222. The number of aliphatic hydroxyl groups excluding tert-OH is 1. The predicted molar refractivity (Wildman–Crippen MR) is 349 cm³/mol. The summed E-state index contributed by atoms with van der Waals surface area (Å²) in [5.74, 6) is -2.14. The maximum Gasteiger partial charge on any atom is 0.472 e. The van der Waals surface area contributed by atoms with Gasteiger partial charge in [-0.25, -0.2) is 9.13 Å². The van der Waals surface area contributed by atoms with Crippen LogP contribution in [0.3, 0.4) is 0 Å². The number of rotatable bonds is 69. The maximum atomic E-state index is 13.0. The second-order valence-corrected chi connectivity index (χ2v) is 27.5. The molecule has 0 spiro atoms. The van der Waals surface area contributed by atoms with Gasteiger partial charge in [0.25, 0.3) is 0 Å². The number of phosphoric ester groups is 2. The van der Waals surface area contributed by atoms with Gasteiger partial charge in [0.05, 0.1) is 26.4 Å². The molecule has 3 N–H and O–H groups in total.